The average Bonchev–Trinajstić information content (AvgIpc) is 2.52. The molecule has 0 radical (unpaired) electrons. The highest BCUT2D eigenvalue weighted by atomic mass is 28.3. The average molecular weight is 345 g/mol. The molecule has 0 aromatic heterocycles. The summed E-state index contributed by atoms with van der Waals surface area (Å²) >= 11 is 0. The monoisotopic (exact) mass is 344 g/mol. The second kappa shape index (κ2) is 7.75. The molecule has 0 aliphatic heterocycles. The van der Waals surface area contributed by atoms with E-state index in [0.29, 0.717) is 0 Å². The van der Waals surface area contributed by atoms with Gasteiger partial charge in [0.05, 0.1) is 8.07 Å². The minimum atomic E-state index is -1.43. The Labute approximate surface area is 154 Å². The van der Waals surface area contributed by atoms with Crippen LogP contribution in [0.25, 0.3) is 6.08 Å². The van der Waals surface area contributed by atoms with Gasteiger partial charge in [-0.1, -0.05) is 88.7 Å². The molecule has 0 aliphatic rings. The standard InChI is InChI=1S/C24H28Si/c1-24(2,3)23(25(4,5)6)19-18-22-15-11-10-14-21(22)17-16-20-12-8-7-9-13-20/h7-15,18H,1-6H3. The van der Waals surface area contributed by atoms with Gasteiger partial charge in [0.25, 0.3) is 0 Å². The smallest absolute Gasteiger partial charge is 0.0830 e. The van der Waals surface area contributed by atoms with Crippen molar-refractivity contribution in [3.63, 3.8) is 0 Å². The van der Waals surface area contributed by atoms with Gasteiger partial charge in [-0.05, 0) is 40.4 Å². The lowest BCUT2D eigenvalue weighted by molar-refractivity contribution is 0.526. The van der Waals surface area contributed by atoms with E-state index < -0.39 is 8.07 Å². The predicted molar refractivity (Wildman–Crippen MR) is 113 cm³/mol. The number of allylic oxidation sites excluding steroid dienone is 1. The molecule has 25 heavy (non-hydrogen) atoms. The number of hydrogen-bond acceptors (Lipinski definition) is 0. The van der Waals surface area contributed by atoms with E-state index in [9.17, 15) is 0 Å². The van der Waals surface area contributed by atoms with Crippen LogP contribution in [0.4, 0.5) is 0 Å². The van der Waals surface area contributed by atoms with Crippen molar-refractivity contribution in [3.8, 4) is 11.8 Å². The first-order valence-electron chi connectivity index (χ1n) is 8.82. The summed E-state index contributed by atoms with van der Waals surface area (Å²) in [4.78, 5) is 0. The van der Waals surface area contributed by atoms with Crippen molar-refractivity contribution in [1.82, 2.24) is 0 Å². The van der Waals surface area contributed by atoms with Crippen molar-refractivity contribution in [3.05, 3.63) is 82.2 Å². The normalized spacial score (nSPS) is 11.1. The minimum Gasteiger partial charge on any atom is -0.125 e. The van der Waals surface area contributed by atoms with Crippen molar-refractivity contribution < 1.29 is 0 Å². The molecule has 2 aromatic carbocycles. The molecular weight excluding hydrogens is 316 g/mol. The van der Waals surface area contributed by atoms with E-state index >= 15 is 0 Å². The fourth-order valence-corrected chi connectivity index (χ4v) is 5.86. The van der Waals surface area contributed by atoms with Crippen LogP contribution in [0.5, 0.6) is 0 Å². The van der Waals surface area contributed by atoms with Crippen molar-refractivity contribution >= 4 is 14.1 Å². The van der Waals surface area contributed by atoms with Gasteiger partial charge in [-0.15, -0.1) is 5.73 Å². The Hall–Kier alpha value is -2.26. The van der Waals surface area contributed by atoms with Crippen molar-refractivity contribution in [1.29, 1.82) is 0 Å². The van der Waals surface area contributed by atoms with E-state index in [2.05, 4.69) is 82.3 Å². The quantitative estimate of drug-likeness (QED) is 0.329. The Bertz CT molecular complexity index is 825. The molecular formula is C24H28Si. The van der Waals surface area contributed by atoms with Crippen LogP contribution < -0.4 is 0 Å². The van der Waals surface area contributed by atoms with E-state index in [-0.39, 0.29) is 5.41 Å². The predicted octanol–water partition coefficient (Wildman–Crippen LogP) is 6.55. The number of hydrogen-bond donors (Lipinski definition) is 0. The van der Waals surface area contributed by atoms with Gasteiger partial charge in [0, 0.05) is 11.1 Å². The Balaban J connectivity index is 2.48. The molecule has 2 aromatic rings. The Morgan fingerprint density at radius 1 is 0.840 bits per heavy atom. The first-order valence-corrected chi connectivity index (χ1v) is 12.3. The summed E-state index contributed by atoms with van der Waals surface area (Å²) in [5.41, 5.74) is 7.00. The SMILES string of the molecule is CC(C)(C)C(=C=Cc1ccccc1C#Cc1ccccc1)[Si](C)(C)C. The third-order valence-corrected chi connectivity index (χ3v) is 6.34. The third kappa shape index (κ3) is 5.64. The minimum absolute atomic E-state index is 0.144. The first-order chi connectivity index (χ1) is 11.7. The summed E-state index contributed by atoms with van der Waals surface area (Å²) in [5.74, 6) is 6.57. The summed E-state index contributed by atoms with van der Waals surface area (Å²) < 4.78 is 0. The maximum atomic E-state index is 3.64. The van der Waals surface area contributed by atoms with E-state index in [1.165, 1.54) is 5.20 Å². The zero-order valence-corrected chi connectivity index (χ0v) is 17.3. The molecule has 0 fully saturated rings. The molecule has 0 saturated heterocycles. The fraction of sp³-hybridized carbons (Fsp3) is 0.292. The molecule has 0 spiro atoms. The highest BCUT2D eigenvalue weighted by Crippen LogP contribution is 2.32. The topological polar surface area (TPSA) is 0 Å². The van der Waals surface area contributed by atoms with E-state index in [0.717, 1.165) is 16.7 Å². The van der Waals surface area contributed by atoms with Gasteiger partial charge in [-0.25, -0.2) is 0 Å². The van der Waals surface area contributed by atoms with Gasteiger partial charge in [-0.2, -0.15) is 0 Å². The molecule has 0 aliphatic carbocycles. The molecule has 0 bridgehead atoms. The lowest BCUT2D eigenvalue weighted by Crippen LogP contribution is -2.31. The van der Waals surface area contributed by atoms with Gasteiger partial charge >= 0.3 is 0 Å². The van der Waals surface area contributed by atoms with Gasteiger partial charge in [0.15, 0.2) is 0 Å². The maximum Gasteiger partial charge on any atom is 0.0830 e. The van der Waals surface area contributed by atoms with Gasteiger partial charge in [0.1, 0.15) is 0 Å². The molecule has 0 heterocycles. The van der Waals surface area contributed by atoms with E-state index in [4.69, 9.17) is 0 Å². The highest BCUT2D eigenvalue weighted by molar-refractivity contribution is 6.83. The third-order valence-electron chi connectivity index (χ3n) is 3.95. The van der Waals surface area contributed by atoms with Crippen LogP contribution in [0.3, 0.4) is 0 Å². The Morgan fingerprint density at radius 3 is 2.04 bits per heavy atom. The van der Waals surface area contributed by atoms with E-state index in [1.54, 1.807) is 0 Å². The van der Waals surface area contributed by atoms with Crippen LogP contribution in [0.2, 0.25) is 19.6 Å². The lowest BCUT2D eigenvalue weighted by Gasteiger charge is -2.30. The van der Waals surface area contributed by atoms with Crippen LogP contribution in [0, 0.1) is 17.3 Å². The highest BCUT2D eigenvalue weighted by Gasteiger charge is 2.29. The fourth-order valence-electron chi connectivity index (χ4n) is 3.11. The van der Waals surface area contributed by atoms with Crippen LogP contribution in [0.1, 0.15) is 37.5 Å². The summed E-state index contributed by atoms with van der Waals surface area (Å²) in [7, 11) is -1.43. The Morgan fingerprint density at radius 2 is 1.44 bits per heavy atom. The molecule has 0 N–H and O–H groups in total. The molecule has 2 rings (SSSR count). The van der Waals surface area contributed by atoms with Crippen molar-refractivity contribution in [2.45, 2.75) is 40.4 Å². The summed E-state index contributed by atoms with van der Waals surface area (Å²) in [6.07, 6.45) is 2.12. The van der Waals surface area contributed by atoms with E-state index in [1.807, 2.05) is 36.4 Å². The van der Waals surface area contributed by atoms with Crippen LogP contribution in [0.15, 0.2) is 65.5 Å². The van der Waals surface area contributed by atoms with Crippen molar-refractivity contribution in [2.75, 3.05) is 0 Å². The zero-order chi connectivity index (χ0) is 18.5. The molecule has 0 nitrogen and oxygen atoms in total. The second-order valence-corrected chi connectivity index (χ2v) is 13.4. The molecule has 0 saturated carbocycles. The molecule has 0 unspecified atom stereocenters. The number of benzene rings is 2. The summed E-state index contributed by atoms with van der Waals surface area (Å²) in [6.45, 7) is 14.0. The van der Waals surface area contributed by atoms with Crippen LogP contribution in [-0.4, -0.2) is 8.07 Å². The lowest BCUT2D eigenvalue weighted by atomic mass is 9.96. The van der Waals surface area contributed by atoms with Gasteiger partial charge in [-0.3, -0.25) is 0 Å². The van der Waals surface area contributed by atoms with Crippen LogP contribution in [-0.2, 0) is 0 Å². The summed E-state index contributed by atoms with van der Waals surface area (Å²) in [5, 5.41) is 1.45. The van der Waals surface area contributed by atoms with Crippen molar-refractivity contribution in [2.24, 2.45) is 5.41 Å². The Kier molecular flexibility index (Phi) is 5.91. The van der Waals surface area contributed by atoms with Gasteiger partial charge < -0.3 is 0 Å². The van der Waals surface area contributed by atoms with Crippen LogP contribution >= 0.6 is 0 Å². The maximum absolute atomic E-state index is 3.64. The number of rotatable bonds is 2. The molecule has 1 heteroatoms. The molecule has 0 amide bonds. The molecule has 128 valence electrons. The second-order valence-electron chi connectivity index (χ2n) is 8.37. The van der Waals surface area contributed by atoms with Gasteiger partial charge in [0.2, 0.25) is 0 Å². The largest absolute Gasteiger partial charge is 0.125 e. The summed E-state index contributed by atoms with van der Waals surface area (Å²) in [6, 6.07) is 18.4. The zero-order valence-electron chi connectivity index (χ0n) is 16.3. The first kappa shape index (κ1) is 19.1. The molecule has 0 atom stereocenters.